The molecule has 268 valence electrons. The number of carbonyl (C=O) groups is 4. The zero-order valence-corrected chi connectivity index (χ0v) is 24.4. The highest BCUT2D eigenvalue weighted by molar-refractivity contribution is 5.81. The van der Waals surface area contributed by atoms with Gasteiger partial charge in [-0.05, 0) is 63.4 Å². The molecule has 0 aliphatic carbocycles. The summed E-state index contributed by atoms with van der Waals surface area (Å²) >= 11 is 0. The summed E-state index contributed by atoms with van der Waals surface area (Å²) in [6, 6.07) is 5.74. The van der Waals surface area contributed by atoms with Gasteiger partial charge in [0.15, 0.2) is 0 Å². The first-order valence-electron chi connectivity index (χ1n) is 13.8. The second-order valence-electron chi connectivity index (χ2n) is 10.2. The molecule has 0 aromatic carbocycles. The van der Waals surface area contributed by atoms with E-state index < -0.39 is 36.4 Å². The van der Waals surface area contributed by atoms with E-state index in [0.717, 1.165) is 38.2 Å². The van der Waals surface area contributed by atoms with Gasteiger partial charge in [0.1, 0.15) is 6.10 Å². The van der Waals surface area contributed by atoms with E-state index in [1.807, 2.05) is 18.2 Å². The number of carboxylic acids is 3. The van der Waals surface area contributed by atoms with Gasteiger partial charge in [0.25, 0.3) is 0 Å². The number of nitrogens with zero attached hydrogens (tertiary/aromatic N) is 3. The number of rotatable bonds is 6. The second kappa shape index (κ2) is 18.6. The predicted octanol–water partition coefficient (Wildman–Crippen LogP) is 3.17. The van der Waals surface area contributed by atoms with Crippen molar-refractivity contribution in [1.29, 1.82) is 0 Å². The largest absolute Gasteiger partial charge is 0.490 e. The number of fused-ring (bicyclic) bond motifs is 1. The Bertz CT molecular complexity index is 1090. The van der Waals surface area contributed by atoms with Crippen molar-refractivity contribution < 1.29 is 78.7 Å². The van der Waals surface area contributed by atoms with Crippen LogP contribution in [0.4, 0.5) is 39.5 Å². The topological polar surface area (TPSA) is 170 Å². The molecule has 1 aromatic heterocycles. The summed E-state index contributed by atoms with van der Waals surface area (Å²) in [6.45, 7) is 7.40. The molecule has 4 heterocycles. The molecule has 1 aromatic rings. The number of pyridine rings is 1. The van der Waals surface area contributed by atoms with Crippen molar-refractivity contribution in [2.45, 2.75) is 63.0 Å². The summed E-state index contributed by atoms with van der Waals surface area (Å²) in [5.74, 6) is -7.73. The van der Waals surface area contributed by atoms with Crippen LogP contribution in [-0.2, 0) is 30.5 Å². The first-order valence-corrected chi connectivity index (χ1v) is 13.8. The van der Waals surface area contributed by atoms with E-state index >= 15 is 0 Å². The lowest BCUT2D eigenvalue weighted by molar-refractivity contribution is -0.193. The average molecular weight is 701 g/mol. The van der Waals surface area contributed by atoms with Crippen molar-refractivity contribution in [3.8, 4) is 0 Å². The fourth-order valence-corrected chi connectivity index (χ4v) is 4.45. The van der Waals surface area contributed by atoms with Gasteiger partial charge in [-0.2, -0.15) is 39.5 Å². The molecule has 0 radical (unpaired) electrons. The van der Waals surface area contributed by atoms with Crippen LogP contribution >= 0.6 is 0 Å². The average Bonchev–Trinajstić information content (AvgIpc) is 3.65. The number of amides is 1. The predicted molar refractivity (Wildman–Crippen MR) is 141 cm³/mol. The summed E-state index contributed by atoms with van der Waals surface area (Å²) in [5.41, 5.74) is 0.879. The number of piperidine rings is 1. The number of carboxylic acid groups (broad SMARTS) is 3. The van der Waals surface area contributed by atoms with E-state index in [2.05, 4.69) is 20.1 Å². The zero-order valence-electron chi connectivity index (χ0n) is 24.4. The minimum absolute atomic E-state index is 0.00803. The summed E-state index contributed by atoms with van der Waals surface area (Å²) in [5, 5.41) is 24.4. The molecule has 3 aliphatic rings. The number of halogens is 9. The molecule has 0 spiro atoms. The van der Waals surface area contributed by atoms with Crippen LogP contribution in [0.2, 0.25) is 0 Å². The van der Waals surface area contributed by atoms with E-state index in [0.29, 0.717) is 12.5 Å². The van der Waals surface area contributed by atoms with E-state index in [-0.39, 0.29) is 18.1 Å². The van der Waals surface area contributed by atoms with Gasteiger partial charge in [0, 0.05) is 25.8 Å². The number of hydrogen-bond acceptors (Lipinski definition) is 8. The van der Waals surface area contributed by atoms with Gasteiger partial charge in [0.2, 0.25) is 5.91 Å². The molecular weight excluding hydrogens is 667 g/mol. The van der Waals surface area contributed by atoms with E-state index in [1.165, 1.54) is 32.5 Å². The molecule has 21 heteroatoms. The molecule has 12 nitrogen and oxygen atoms in total. The third kappa shape index (κ3) is 16.6. The van der Waals surface area contributed by atoms with E-state index in [4.69, 9.17) is 34.4 Å². The van der Waals surface area contributed by atoms with Crippen LogP contribution in [0.3, 0.4) is 0 Å². The van der Waals surface area contributed by atoms with Crippen LogP contribution in [0.25, 0.3) is 0 Å². The molecule has 3 fully saturated rings. The smallest absolute Gasteiger partial charge is 0.475 e. The number of nitrogens with one attached hydrogen (secondary N) is 1. The van der Waals surface area contributed by atoms with Gasteiger partial charge in [0.05, 0.1) is 18.3 Å². The number of aliphatic carboxylic acids is 3. The maximum atomic E-state index is 12.5. The Morgan fingerprint density at radius 3 is 1.74 bits per heavy atom. The normalized spacial score (nSPS) is 21.4. The molecule has 3 aliphatic heterocycles. The minimum Gasteiger partial charge on any atom is -0.475 e. The monoisotopic (exact) mass is 700 g/mol. The number of alkyl halides is 9. The highest BCUT2D eigenvalue weighted by Crippen LogP contribution is 2.33. The fourth-order valence-electron chi connectivity index (χ4n) is 4.45. The lowest BCUT2D eigenvalue weighted by Gasteiger charge is -2.34. The van der Waals surface area contributed by atoms with Crippen molar-refractivity contribution in [3.63, 3.8) is 0 Å². The quantitative estimate of drug-likeness (QED) is 0.322. The SMILES string of the molecule is O=C(NCc1ccccn1)[C@@H]1C[C@@H]2CCN(CCN3CCCC3)C[C@H]2O1.O=C(O)C(F)(F)F.O=C(O)C(F)(F)F.O=C(O)C(F)(F)F. The van der Waals surface area contributed by atoms with Crippen LogP contribution < -0.4 is 5.32 Å². The highest BCUT2D eigenvalue weighted by atomic mass is 19.4. The van der Waals surface area contributed by atoms with Gasteiger partial charge in [-0.1, -0.05) is 6.07 Å². The zero-order chi connectivity index (χ0) is 36.0. The molecular formula is C26H33F9N4O8. The lowest BCUT2D eigenvalue weighted by Crippen LogP contribution is -2.45. The van der Waals surface area contributed by atoms with Crippen molar-refractivity contribution in [3.05, 3.63) is 30.1 Å². The molecule has 4 rings (SSSR count). The molecule has 0 unspecified atom stereocenters. The van der Waals surface area contributed by atoms with Gasteiger partial charge >= 0.3 is 36.4 Å². The third-order valence-electron chi connectivity index (χ3n) is 6.76. The minimum atomic E-state index is -5.08. The van der Waals surface area contributed by atoms with E-state index in [9.17, 15) is 44.3 Å². The second-order valence-corrected chi connectivity index (χ2v) is 10.2. The first kappa shape index (κ1) is 41.3. The van der Waals surface area contributed by atoms with Gasteiger partial charge in [-0.3, -0.25) is 14.7 Å². The summed E-state index contributed by atoms with van der Waals surface area (Å²) in [6.07, 6.45) is -8.88. The molecule has 0 bridgehead atoms. The van der Waals surface area contributed by atoms with E-state index in [1.54, 1.807) is 6.20 Å². The maximum Gasteiger partial charge on any atom is 0.490 e. The Balaban J connectivity index is 0.000000430. The summed E-state index contributed by atoms with van der Waals surface area (Å²) < 4.78 is 101. The van der Waals surface area contributed by atoms with Crippen LogP contribution in [-0.4, -0.2) is 124 Å². The number of carbonyl (C=O) groups excluding carboxylic acids is 1. The first-order chi connectivity index (χ1) is 21.6. The maximum absolute atomic E-state index is 12.5. The Kier molecular flexibility index (Phi) is 16.3. The molecule has 1 amide bonds. The van der Waals surface area contributed by atoms with Crippen LogP contribution in [0, 0.1) is 5.92 Å². The van der Waals surface area contributed by atoms with Crippen LogP contribution in [0.15, 0.2) is 24.4 Å². The van der Waals surface area contributed by atoms with Gasteiger partial charge < -0.3 is 30.3 Å². The standard InChI is InChI=1S/C20H30N4O2.3C2HF3O2/c25-20(22-14-17-5-1-2-7-21-17)18-13-16-6-10-24(15-19(16)26-18)12-11-23-8-3-4-9-23;3*3-2(4,5)1(6)7/h1-2,5,7,16,18-19H,3-4,6,8-15H2,(H,22,25);3*(H,6,7)/t16-,18-,19+;;;/m0.../s1. The Morgan fingerprint density at radius 2 is 1.30 bits per heavy atom. The van der Waals surface area contributed by atoms with Crippen molar-refractivity contribution in [1.82, 2.24) is 20.1 Å². The van der Waals surface area contributed by atoms with Gasteiger partial charge in [-0.15, -0.1) is 0 Å². The highest BCUT2D eigenvalue weighted by Gasteiger charge is 2.42. The summed E-state index contributed by atoms with van der Waals surface area (Å²) in [7, 11) is 0. The summed E-state index contributed by atoms with van der Waals surface area (Å²) in [4.78, 5) is 48.5. The van der Waals surface area contributed by atoms with Crippen molar-refractivity contribution >= 4 is 23.8 Å². The number of likely N-dealkylation sites (tertiary alicyclic amines) is 2. The number of ether oxygens (including phenoxy) is 1. The van der Waals surface area contributed by atoms with Crippen LogP contribution in [0.1, 0.15) is 31.4 Å². The number of hydrogen-bond donors (Lipinski definition) is 4. The van der Waals surface area contributed by atoms with Crippen molar-refractivity contribution in [2.75, 3.05) is 39.3 Å². The fraction of sp³-hybridized carbons (Fsp3) is 0.654. The molecule has 3 saturated heterocycles. The Labute approximate surface area is 261 Å². The molecule has 0 saturated carbocycles. The lowest BCUT2D eigenvalue weighted by atomic mass is 9.91. The number of aromatic nitrogens is 1. The molecule has 47 heavy (non-hydrogen) atoms. The Hall–Kier alpha value is -3.72. The Morgan fingerprint density at radius 1 is 0.809 bits per heavy atom. The molecule has 4 N–H and O–H groups in total. The van der Waals surface area contributed by atoms with Crippen LogP contribution in [0.5, 0.6) is 0 Å². The third-order valence-corrected chi connectivity index (χ3v) is 6.76. The molecule has 3 atom stereocenters. The van der Waals surface area contributed by atoms with Crippen molar-refractivity contribution in [2.24, 2.45) is 5.92 Å². The van der Waals surface area contributed by atoms with Gasteiger partial charge in [-0.25, -0.2) is 14.4 Å².